The van der Waals surface area contributed by atoms with Gasteiger partial charge in [0.15, 0.2) is 16.6 Å². The molecule has 2 heterocycles. The minimum absolute atomic E-state index is 0.00909. The standard InChI is InChI=1S/2C14H25FO4Si.2C8H11FO4.C8H11FO3/c1-14(2,3)20(5,6)19-8-7-9-12(18-9)10(8)11(15)13(16)17-4;1-13(2,3)20(5,6)19-9-7-8(16)10-11(9)14(10,15)12(17)18-4;1-12-8(11)6(9)5-3(10)2-4-7(5)13-4;1-13-7(12)8(9)5-3(10)2-4(11)6(5)8;1-12-8(11)7(9)5-3-2-4-6(5)10/h8-12H,7H2,1-6H3;8-11,16H,7H2,1-6H3;3-7,10H,2H2,1H3;3-6,10-11H,2H2,1H3;2-3,5-7,10H,4H2,1H3/t8-,9+,10-,11?,12+;8-,9+,10+,11-,14+;3-,4+,5-,6?,7+;3-,4+,5+,6-,8?;5-,6-,7?/m101.1/s1. The predicted molar refractivity (Wildman–Crippen MR) is 271 cm³/mol. The molecule has 0 aromatic rings. The first kappa shape index (κ1) is 65.6. The van der Waals surface area contributed by atoms with Gasteiger partial charge in [0, 0.05) is 48.9 Å². The van der Waals surface area contributed by atoms with Crippen LogP contribution in [0.4, 0.5) is 22.0 Å². The first-order valence-electron chi connectivity index (χ1n) is 26.3. The molecule has 0 bridgehead atoms. The molecule has 0 amide bonds. The fraction of sp³-hybridized carbons (Fsp3) is 0.865. The number of halogens is 5. The quantitative estimate of drug-likeness (QED) is 0.0456. The molecule has 78 heavy (non-hydrogen) atoms. The molecule has 5 N–H and O–H groups in total. The molecule has 448 valence electrons. The van der Waals surface area contributed by atoms with Crippen molar-refractivity contribution in [3.63, 3.8) is 0 Å². The topological polar surface area (TPSA) is 276 Å². The van der Waals surface area contributed by atoms with Gasteiger partial charge in [0.25, 0.3) is 0 Å². The number of ether oxygens (including phenoxy) is 7. The molecule has 2 aliphatic heterocycles. The summed E-state index contributed by atoms with van der Waals surface area (Å²) in [6, 6.07) is 0. The molecule has 9 aliphatic rings. The number of aliphatic hydroxyl groups excluding tert-OH is 5. The van der Waals surface area contributed by atoms with Gasteiger partial charge in [-0.1, -0.05) is 53.7 Å². The van der Waals surface area contributed by atoms with Gasteiger partial charge in [0.05, 0.1) is 115 Å². The second-order valence-corrected chi connectivity index (χ2v) is 34.2. The first-order chi connectivity index (χ1) is 35.9. The van der Waals surface area contributed by atoms with Gasteiger partial charge in [-0.15, -0.1) is 0 Å². The van der Waals surface area contributed by atoms with Gasteiger partial charge in [-0.2, -0.15) is 0 Å². The highest BCUT2D eigenvalue weighted by Crippen LogP contribution is 2.66. The van der Waals surface area contributed by atoms with E-state index in [-0.39, 0.29) is 53.1 Å². The van der Waals surface area contributed by atoms with Crippen LogP contribution < -0.4 is 0 Å². The summed E-state index contributed by atoms with van der Waals surface area (Å²) in [5.41, 5.74) is -4.20. The van der Waals surface area contributed by atoms with Gasteiger partial charge in [0.2, 0.25) is 29.9 Å². The number of epoxide rings is 2. The van der Waals surface area contributed by atoms with Gasteiger partial charge in [0.1, 0.15) is 0 Å². The number of alkyl halides is 5. The van der Waals surface area contributed by atoms with E-state index in [4.69, 9.17) is 18.3 Å². The van der Waals surface area contributed by atoms with Crippen molar-refractivity contribution in [3.05, 3.63) is 12.2 Å². The summed E-state index contributed by atoms with van der Waals surface area (Å²) in [6.07, 6.45) is -5.29. The molecule has 7 aliphatic carbocycles. The fourth-order valence-electron chi connectivity index (χ4n) is 11.2. The molecule has 0 radical (unpaired) electrons. The van der Waals surface area contributed by atoms with Gasteiger partial charge >= 0.3 is 29.8 Å². The van der Waals surface area contributed by atoms with Crippen molar-refractivity contribution in [2.45, 2.75) is 207 Å². The number of rotatable bonds is 12. The normalized spacial score (nSPS) is 40.0. The smallest absolute Gasteiger partial charge is 0.344 e. The van der Waals surface area contributed by atoms with Crippen LogP contribution in [-0.4, -0.2) is 205 Å². The van der Waals surface area contributed by atoms with E-state index in [0.717, 1.165) is 21.3 Å². The van der Waals surface area contributed by atoms with Gasteiger partial charge in [-0.25, -0.2) is 45.9 Å². The molecule has 23 atom stereocenters. The SMILES string of the molecule is COC(=O)C(F)[C@@H]1C=CC[C@H]1O.COC(=O)C(F)[C@@H]1[C@H]2O[C@H]2C[C@H]1O.COC(=O)C(F)[C@@H]1[C@H]2O[C@H]2C[C@H]1O[Si](C)(C)C(C)(C)C.COC(=O)C1(F)[C@@H]2[C@H]1[C@@H](O)C[C@H]2O.COC(=O)[C@]1(F)[C@@H]2[C@H]1[C@@H](O)C[C@H]2O[Si](C)(C)C(C)(C)C. The second-order valence-electron chi connectivity index (χ2n) is 24.7. The Morgan fingerprint density at radius 2 is 0.910 bits per heavy atom. The first-order valence-corrected chi connectivity index (χ1v) is 32.1. The molecular weight excluding hydrogens is 1080 g/mol. The van der Waals surface area contributed by atoms with E-state index in [1.54, 1.807) is 6.08 Å². The number of carbonyl (C=O) groups excluding carboxylic acids is 5. The highest BCUT2D eigenvalue weighted by atomic mass is 28.4. The summed E-state index contributed by atoms with van der Waals surface area (Å²) in [6.45, 7) is 21.2. The van der Waals surface area contributed by atoms with Crippen molar-refractivity contribution in [1.82, 2.24) is 0 Å². The Morgan fingerprint density at radius 1 is 0.526 bits per heavy atom. The number of fused-ring (bicyclic) bond motifs is 4. The summed E-state index contributed by atoms with van der Waals surface area (Å²) in [5, 5.41) is 47.2. The van der Waals surface area contributed by atoms with E-state index in [9.17, 15) is 71.5 Å². The van der Waals surface area contributed by atoms with Crippen LogP contribution >= 0.6 is 0 Å². The van der Waals surface area contributed by atoms with Crippen LogP contribution in [0.15, 0.2) is 12.2 Å². The zero-order valence-electron chi connectivity index (χ0n) is 47.2. The molecule has 2 saturated heterocycles. The third-order valence-electron chi connectivity index (χ3n) is 17.9. The number of methoxy groups -OCH3 is 5. The van der Waals surface area contributed by atoms with Gasteiger partial charge in [-0.3, -0.25) is 0 Å². The van der Waals surface area contributed by atoms with E-state index in [0.29, 0.717) is 25.7 Å². The van der Waals surface area contributed by atoms with Crippen LogP contribution in [0.25, 0.3) is 0 Å². The number of aliphatic hydroxyl groups is 5. The van der Waals surface area contributed by atoms with E-state index < -0.39 is 148 Å². The summed E-state index contributed by atoms with van der Waals surface area (Å²) in [5.74, 6) is -9.30. The molecule has 0 aromatic heterocycles. The molecule has 9 rings (SSSR count). The maximum Gasteiger partial charge on any atom is 0.344 e. The average molecular weight is 1160 g/mol. The van der Waals surface area contributed by atoms with Crippen LogP contribution in [0.3, 0.4) is 0 Å². The lowest BCUT2D eigenvalue weighted by atomic mass is 9.99. The van der Waals surface area contributed by atoms with Gasteiger partial charge < -0.3 is 67.5 Å². The summed E-state index contributed by atoms with van der Waals surface area (Å²) >= 11 is 0. The van der Waals surface area contributed by atoms with E-state index >= 15 is 0 Å². The van der Waals surface area contributed by atoms with Crippen LogP contribution in [0.1, 0.15) is 73.6 Å². The Hall–Kier alpha value is -3.19. The van der Waals surface area contributed by atoms with Crippen molar-refractivity contribution in [1.29, 1.82) is 0 Å². The Balaban J connectivity index is 0.000000183. The minimum atomic E-state index is -2.15. The largest absolute Gasteiger partial charge is 0.467 e. The highest BCUT2D eigenvalue weighted by Gasteiger charge is 2.81. The Morgan fingerprint density at radius 3 is 1.31 bits per heavy atom. The Labute approximate surface area is 454 Å². The van der Waals surface area contributed by atoms with Crippen molar-refractivity contribution < 1.29 is 113 Å². The molecule has 8 fully saturated rings. The molecule has 4 unspecified atom stereocenters. The fourth-order valence-corrected chi connectivity index (χ4v) is 13.9. The Kier molecular flexibility index (Phi) is 20.5. The van der Waals surface area contributed by atoms with Crippen LogP contribution in [0, 0.1) is 41.4 Å². The average Bonchev–Trinajstić information content (AvgIpc) is 4.45. The number of hydrogen-bond acceptors (Lipinski definition) is 19. The Bertz CT molecular complexity index is 2130. The zero-order chi connectivity index (χ0) is 59.3. The molecule has 0 aromatic carbocycles. The minimum Gasteiger partial charge on any atom is -0.467 e. The van der Waals surface area contributed by atoms with Crippen molar-refractivity contribution in [3.8, 4) is 0 Å². The van der Waals surface area contributed by atoms with Crippen LogP contribution in [0.2, 0.25) is 36.3 Å². The second kappa shape index (κ2) is 24.3. The predicted octanol–water partition coefficient (Wildman–Crippen LogP) is 4.26. The number of hydrogen-bond donors (Lipinski definition) is 5. The summed E-state index contributed by atoms with van der Waals surface area (Å²) < 4.78 is 114. The van der Waals surface area contributed by atoms with Crippen molar-refractivity contribution in [2.75, 3.05) is 35.5 Å². The van der Waals surface area contributed by atoms with Crippen LogP contribution in [0.5, 0.6) is 0 Å². The third-order valence-corrected chi connectivity index (χ3v) is 26.9. The van der Waals surface area contributed by atoms with Crippen LogP contribution in [-0.2, 0) is 66.0 Å². The maximum atomic E-state index is 14.7. The molecule has 26 heteroatoms. The third kappa shape index (κ3) is 13.2. The van der Waals surface area contributed by atoms with E-state index in [2.05, 4.69) is 91.4 Å². The molecule has 0 spiro atoms. The lowest BCUT2D eigenvalue weighted by Crippen LogP contribution is -2.48. The summed E-state index contributed by atoms with van der Waals surface area (Å²) in [4.78, 5) is 55.6. The molecular formula is C52H83F5O19Si2. The zero-order valence-corrected chi connectivity index (χ0v) is 49.2. The maximum absolute atomic E-state index is 14.7. The lowest BCUT2D eigenvalue weighted by molar-refractivity contribution is -0.152. The van der Waals surface area contributed by atoms with Crippen molar-refractivity contribution in [2.24, 2.45) is 41.4 Å². The van der Waals surface area contributed by atoms with E-state index in [1.807, 2.05) is 0 Å². The summed E-state index contributed by atoms with van der Waals surface area (Å²) in [7, 11) is 1.69. The van der Waals surface area contributed by atoms with E-state index in [1.165, 1.54) is 20.3 Å². The number of esters is 5. The van der Waals surface area contributed by atoms with Gasteiger partial charge in [-0.05, 0) is 49.1 Å². The highest BCUT2D eigenvalue weighted by molar-refractivity contribution is 6.74. The molecule has 6 saturated carbocycles. The van der Waals surface area contributed by atoms with Crippen molar-refractivity contribution >= 4 is 46.5 Å². The lowest BCUT2D eigenvalue weighted by Gasteiger charge is -2.40. The monoisotopic (exact) mass is 1160 g/mol. The molecule has 19 nitrogen and oxygen atoms in total. The number of carbonyl (C=O) groups is 5.